The average Bonchev–Trinajstić information content (AvgIpc) is 2.70. The van der Waals surface area contributed by atoms with Crippen molar-refractivity contribution in [1.29, 1.82) is 0 Å². The Morgan fingerprint density at radius 3 is 2.44 bits per heavy atom. The first-order valence-corrected chi connectivity index (χ1v) is 6.03. The van der Waals surface area contributed by atoms with E-state index in [9.17, 15) is 4.39 Å². The molecule has 2 nitrogen and oxygen atoms in total. The van der Waals surface area contributed by atoms with Gasteiger partial charge in [-0.1, -0.05) is 26.0 Å². The molecule has 0 radical (unpaired) electrons. The van der Waals surface area contributed by atoms with Crippen molar-refractivity contribution in [3.63, 3.8) is 0 Å². The van der Waals surface area contributed by atoms with Gasteiger partial charge >= 0.3 is 0 Å². The maximum atomic E-state index is 12.7. The molecule has 16 heavy (non-hydrogen) atoms. The molecule has 0 aliphatic carbocycles. The van der Waals surface area contributed by atoms with Crippen LogP contribution in [0.4, 0.5) is 4.39 Å². The quantitative estimate of drug-likeness (QED) is 0.816. The minimum absolute atomic E-state index is 0.205. The molecule has 0 spiro atoms. The second kappa shape index (κ2) is 4.70. The van der Waals surface area contributed by atoms with Crippen molar-refractivity contribution in [1.82, 2.24) is 10.2 Å². The topological polar surface area (TPSA) is 25.8 Å². The van der Waals surface area contributed by atoms with Gasteiger partial charge in [0.2, 0.25) is 0 Å². The van der Waals surface area contributed by atoms with Gasteiger partial charge in [0.15, 0.2) is 0 Å². The van der Waals surface area contributed by atoms with Gasteiger partial charge in [0, 0.05) is 12.3 Å². The molecule has 0 aliphatic rings. The molecule has 0 saturated heterocycles. The molecule has 0 atom stereocenters. The number of benzene rings is 1. The maximum Gasteiger partial charge on any atom is 0.123 e. The van der Waals surface area contributed by atoms with Crippen LogP contribution < -0.4 is 0 Å². The molecule has 1 aromatic heterocycles. The first kappa shape index (κ1) is 11.2. The van der Waals surface area contributed by atoms with Crippen LogP contribution >= 0.6 is 11.3 Å². The van der Waals surface area contributed by atoms with Gasteiger partial charge in [-0.05, 0) is 17.7 Å². The smallest absolute Gasteiger partial charge is 0.123 e. The number of nitrogens with zero attached hydrogens (tertiary/aromatic N) is 2. The van der Waals surface area contributed by atoms with E-state index < -0.39 is 0 Å². The van der Waals surface area contributed by atoms with Crippen LogP contribution in [0, 0.1) is 5.82 Å². The van der Waals surface area contributed by atoms with Gasteiger partial charge in [0.25, 0.3) is 0 Å². The largest absolute Gasteiger partial charge is 0.207 e. The third-order valence-electron chi connectivity index (χ3n) is 2.24. The summed E-state index contributed by atoms with van der Waals surface area (Å²) in [5.41, 5.74) is 1.06. The van der Waals surface area contributed by atoms with Crippen molar-refractivity contribution in [2.24, 2.45) is 0 Å². The Labute approximate surface area is 98.2 Å². The van der Waals surface area contributed by atoms with E-state index in [1.165, 1.54) is 12.1 Å². The molecule has 0 unspecified atom stereocenters. The van der Waals surface area contributed by atoms with Gasteiger partial charge in [0.1, 0.15) is 15.8 Å². The third-order valence-corrected chi connectivity index (χ3v) is 3.47. The molecular weight excluding hydrogens is 223 g/mol. The lowest BCUT2D eigenvalue weighted by atomic mass is 10.2. The molecule has 1 heterocycles. The molecule has 0 bridgehead atoms. The highest BCUT2D eigenvalue weighted by Crippen LogP contribution is 2.21. The van der Waals surface area contributed by atoms with Crippen LogP contribution in [-0.2, 0) is 6.42 Å². The molecule has 0 fully saturated rings. The van der Waals surface area contributed by atoms with E-state index in [4.69, 9.17) is 0 Å². The number of halogens is 1. The van der Waals surface area contributed by atoms with E-state index in [-0.39, 0.29) is 5.82 Å². The summed E-state index contributed by atoms with van der Waals surface area (Å²) in [6.07, 6.45) is 0.727. The van der Waals surface area contributed by atoms with Crippen LogP contribution in [0.25, 0.3) is 0 Å². The number of hydrogen-bond donors (Lipinski definition) is 0. The predicted molar refractivity (Wildman–Crippen MR) is 63.2 cm³/mol. The van der Waals surface area contributed by atoms with Crippen LogP contribution in [-0.4, -0.2) is 10.2 Å². The van der Waals surface area contributed by atoms with Gasteiger partial charge < -0.3 is 0 Å². The standard InChI is InChI=1S/C12H13FN2S/c1-8(2)12-15-14-11(16-12)7-9-3-5-10(13)6-4-9/h3-6,8H,7H2,1-2H3. The molecular formula is C12H13FN2S. The van der Waals surface area contributed by atoms with Crippen molar-refractivity contribution >= 4 is 11.3 Å². The molecule has 1 aromatic carbocycles. The van der Waals surface area contributed by atoms with Crippen molar-refractivity contribution in [3.05, 3.63) is 45.7 Å². The highest BCUT2D eigenvalue weighted by atomic mass is 32.1. The Balaban J connectivity index is 2.11. The number of aromatic nitrogens is 2. The van der Waals surface area contributed by atoms with Crippen LogP contribution in [0.3, 0.4) is 0 Å². The minimum atomic E-state index is -0.205. The molecule has 0 N–H and O–H groups in total. The Kier molecular flexibility index (Phi) is 3.29. The van der Waals surface area contributed by atoms with Gasteiger partial charge in [-0.25, -0.2) is 4.39 Å². The fraction of sp³-hybridized carbons (Fsp3) is 0.333. The third kappa shape index (κ3) is 2.64. The van der Waals surface area contributed by atoms with E-state index in [1.54, 1.807) is 23.5 Å². The van der Waals surface area contributed by atoms with Crippen molar-refractivity contribution in [3.8, 4) is 0 Å². The summed E-state index contributed by atoms with van der Waals surface area (Å²) in [5, 5.41) is 10.3. The zero-order chi connectivity index (χ0) is 11.5. The maximum absolute atomic E-state index is 12.7. The molecule has 2 aromatic rings. The van der Waals surface area contributed by atoms with E-state index in [1.807, 2.05) is 0 Å². The lowest BCUT2D eigenvalue weighted by Gasteiger charge is -1.97. The predicted octanol–water partition coefficient (Wildman–Crippen LogP) is 3.39. The normalized spacial score (nSPS) is 11.0. The van der Waals surface area contributed by atoms with E-state index >= 15 is 0 Å². The average molecular weight is 236 g/mol. The Morgan fingerprint density at radius 1 is 1.19 bits per heavy atom. The lowest BCUT2D eigenvalue weighted by Crippen LogP contribution is -1.87. The first-order valence-electron chi connectivity index (χ1n) is 5.22. The zero-order valence-corrected chi connectivity index (χ0v) is 10.1. The second-order valence-corrected chi connectivity index (χ2v) is 5.09. The van der Waals surface area contributed by atoms with E-state index in [0.717, 1.165) is 22.0 Å². The molecule has 0 aliphatic heterocycles. The van der Waals surface area contributed by atoms with Crippen molar-refractivity contribution < 1.29 is 4.39 Å². The fourth-order valence-electron chi connectivity index (χ4n) is 1.35. The van der Waals surface area contributed by atoms with Crippen LogP contribution in [0.2, 0.25) is 0 Å². The molecule has 0 amide bonds. The van der Waals surface area contributed by atoms with Gasteiger partial charge in [-0.2, -0.15) is 0 Å². The highest BCUT2D eigenvalue weighted by molar-refractivity contribution is 7.11. The summed E-state index contributed by atoms with van der Waals surface area (Å²) in [4.78, 5) is 0. The second-order valence-electron chi connectivity index (χ2n) is 3.99. The van der Waals surface area contributed by atoms with Crippen molar-refractivity contribution in [2.75, 3.05) is 0 Å². The van der Waals surface area contributed by atoms with Crippen molar-refractivity contribution in [2.45, 2.75) is 26.2 Å². The minimum Gasteiger partial charge on any atom is -0.207 e. The molecule has 84 valence electrons. The summed E-state index contributed by atoms with van der Waals surface area (Å²) in [5.74, 6) is 0.211. The number of rotatable bonds is 3. The Hall–Kier alpha value is -1.29. The number of hydrogen-bond acceptors (Lipinski definition) is 3. The van der Waals surface area contributed by atoms with Gasteiger partial charge in [-0.3, -0.25) is 0 Å². The monoisotopic (exact) mass is 236 g/mol. The first-order chi connectivity index (χ1) is 7.65. The van der Waals surface area contributed by atoms with Crippen LogP contribution in [0.5, 0.6) is 0 Å². The summed E-state index contributed by atoms with van der Waals surface area (Å²) in [7, 11) is 0. The molecule has 2 rings (SSSR count). The highest BCUT2D eigenvalue weighted by Gasteiger charge is 2.08. The summed E-state index contributed by atoms with van der Waals surface area (Å²) in [6, 6.07) is 6.51. The van der Waals surface area contributed by atoms with E-state index in [0.29, 0.717) is 5.92 Å². The van der Waals surface area contributed by atoms with Gasteiger partial charge in [-0.15, -0.1) is 21.5 Å². The van der Waals surface area contributed by atoms with Gasteiger partial charge in [0.05, 0.1) is 0 Å². The van der Waals surface area contributed by atoms with Crippen LogP contribution in [0.1, 0.15) is 35.3 Å². The van der Waals surface area contributed by atoms with E-state index in [2.05, 4.69) is 24.0 Å². The molecule has 4 heteroatoms. The zero-order valence-electron chi connectivity index (χ0n) is 9.27. The van der Waals surface area contributed by atoms with Crippen LogP contribution in [0.15, 0.2) is 24.3 Å². The SMILES string of the molecule is CC(C)c1nnc(Cc2ccc(F)cc2)s1. The Morgan fingerprint density at radius 2 is 1.88 bits per heavy atom. The fourth-order valence-corrected chi connectivity index (χ4v) is 2.23. The molecule has 0 saturated carbocycles. The summed E-state index contributed by atoms with van der Waals surface area (Å²) in [6.45, 7) is 4.20. The lowest BCUT2D eigenvalue weighted by molar-refractivity contribution is 0.627. The summed E-state index contributed by atoms with van der Waals surface area (Å²) < 4.78 is 12.7. The summed E-state index contributed by atoms with van der Waals surface area (Å²) >= 11 is 1.62. The Bertz CT molecular complexity index is 462.